The Hall–Kier alpha value is -1.50. The lowest BCUT2D eigenvalue weighted by Crippen LogP contribution is -2.51. The van der Waals surface area contributed by atoms with Crippen LogP contribution in [0.3, 0.4) is 0 Å². The van der Waals surface area contributed by atoms with E-state index < -0.39 is 0 Å². The molecule has 0 radical (unpaired) electrons. The minimum Gasteiger partial charge on any atom is -0.338 e. The van der Waals surface area contributed by atoms with Crippen LogP contribution in [-0.2, 0) is 11.2 Å². The average Bonchev–Trinajstić information content (AvgIpc) is 3.33. The van der Waals surface area contributed by atoms with E-state index in [-0.39, 0.29) is 17.8 Å². The summed E-state index contributed by atoms with van der Waals surface area (Å²) in [5.41, 5.74) is 7.47. The van der Waals surface area contributed by atoms with Gasteiger partial charge in [0.2, 0.25) is 5.91 Å². The smallest absolute Gasteiger partial charge is 0.241 e. The van der Waals surface area contributed by atoms with Gasteiger partial charge in [-0.05, 0) is 49.9 Å². The van der Waals surface area contributed by atoms with Gasteiger partial charge in [-0.3, -0.25) is 10.2 Å². The zero-order chi connectivity index (χ0) is 16.5. The van der Waals surface area contributed by atoms with Crippen LogP contribution in [0.15, 0.2) is 24.3 Å². The second-order valence-corrected chi connectivity index (χ2v) is 7.17. The van der Waals surface area contributed by atoms with Crippen molar-refractivity contribution in [2.45, 2.75) is 43.8 Å². The monoisotopic (exact) mass is 332 g/mol. The molecule has 1 aromatic carbocycles. The van der Waals surface area contributed by atoms with Gasteiger partial charge in [0.25, 0.3) is 0 Å². The van der Waals surface area contributed by atoms with Crippen molar-refractivity contribution < 1.29 is 9.18 Å². The molecule has 2 aliphatic heterocycles. The van der Waals surface area contributed by atoms with Crippen molar-refractivity contribution in [1.82, 2.24) is 21.1 Å². The van der Waals surface area contributed by atoms with Crippen molar-refractivity contribution in [2.75, 3.05) is 19.6 Å². The van der Waals surface area contributed by atoms with Crippen LogP contribution in [0.4, 0.5) is 4.39 Å². The first kappa shape index (κ1) is 16.0. The number of piperidine rings is 1. The van der Waals surface area contributed by atoms with Gasteiger partial charge in [-0.15, -0.1) is 0 Å². The van der Waals surface area contributed by atoms with Crippen molar-refractivity contribution >= 4 is 5.91 Å². The number of fused-ring (bicyclic) bond motifs is 1. The summed E-state index contributed by atoms with van der Waals surface area (Å²) in [6.07, 6.45) is 3.92. The predicted octanol–water partition coefficient (Wildman–Crippen LogP) is 0.814. The SMILES string of the molecule is O=C(C1NNC2CCNCC21)N(CCc1cccc(F)c1)C1CC1. The minimum absolute atomic E-state index is 0.157. The molecule has 1 aromatic rings. The molecule has 0 bridgehead atoms. The summed E-state index contributed by atoms with van der Waals surface area (Å²) >= 11 is 0. The third-order valence-electron chi connectivity index (χ3n) is 5.45. The largest absolute Gasteiger partial charge is 0.338 e. The second-order valence-electron chi connectivity index (χ2n) is 7.17. The Morgan fingerprint density at radius 2 is 2.12 bits per heavy atom. The lowest BCUT2D eigenvalue weighted by atomic mass is 9.88. The molecule has 24 heavy (non-hydrogen) atoms. The van der Waals surface area contributed by atoms with Gasteiger partial charge in [-0.1, -0.05) is 12.1 Å². The van der Waals surface area contributed by atoms with E-state index >= 15 is 0 Å². The molecule has 4 rings (SSSR count). The number of amides is 1. The molecule has 3 unspecified atom stereocenters. The third-order valence-corrected chi connectivity index (χ3v) is 5.45. The van der Waals surface area contributed by atoms with E-state index in [9.17, 15) is 9.18 Å². The summed E-state index contributed by atoms with van der Waals surface area (Å²) in [5, 5.41) is 3.40. The van der Waals surface area contributed by atoms with Crippen LogP contribution in [0, 0.1) is 11.7 Å². The maximum atomic E-state index is 13.3. The maximum Gasteiger partial charge on any atom is 0.241 e. The first-order valence-electron chi connectivity index (χ1n) is 8.99. The Balaban J connectivity index is 1.42. The Bertz CT molecular complexity index is 606. The molecule has 3 aliphatic rings. The van der Waals surface area contributed by atoms with E-state index in [0.29, 0.717) is 31.0 Å². The Kier molecular flexibility index (Phi) is 4.52. The normalized spacial score (nSPS) is 29.3. The molecule has 2 saturated heterocycles. The molecule has 1 amide bonds. The first-order chi connectivity index (χ1) is 11.7. The fourth-order valence-electron chi connectivity index (χ4n) is 3.94. The van der Waals surface area contributed by atoms with Crippen LogP contribution in [-0.4, -0.2) is 48.6 Å². The summed E-state index contributed by atoms with van der Waals surface area (Å²) in [7, 11) is 0. The van der Waals surface area contributed by atoms with Crippen LogP contribution >= 0.6 is 0 Å². The zero-order valence-corrected chi connectivity index (χ0v) is 13.8. The van der Waals surface area contributed by atoms with Crippen LogP contribution in [0.25, 0.3) is 0 Å². The molecule has 6 heteroatoms. The number of nitrogens with zero attached hydrogens (tertiary/aromatic N) is 1. The van der Waals surface area contributed by atoms with Crippen molar-refractivity contribution in [1.29, 1.82) is 0 Å². The lowest BCUT2D eigenvalue weighted by molar-refractivity contribution is -0.134. The van der Waals surface area contributed by atoms with Gasteiger partial charge >= 0.3 is 0 Å². The van der Waals surface area contributed by atoms with Gasteiger partial charge in [0.1, 0.15) is 11.9 Å². The molecule has 3 fully saturated rings. The van der Waals surface area contributed by atoms with Crippen LogP contribution in [0.5, 0.6) is 0 Å². The zero-order valence-electron chi connectivity index (χ0n) is 13.8. The molecule has 5 nitrogen and oxygen atoms in total. The first-order valence-corrected chi connectivity index (χ1v) is 8.99. The molecule has 1 aliphatic carbocycles. The molecular weight excluding hydrogens is 307 g/mol. The van der Waals surface area contributed by atoms with Gasteiger partial charge in [0.05, 0.1) is 0 Å². The van der Waals surface area contributed by atoms with Crippen LogP contribution in [0.1, 0.15) is 24.8 Å². The number of hydrazine groups is 1. The highest BCUT2D eigenvalue weighted by molar-refractivity contribution is 5.83. The average molecular weight is 332 g/mol. The molecule has 3 N–H and O–H groups in total. The van der Waals surface area contributed by atoms with Gasteiger partial charge in [0, 0.05) is 31.1 Å². The highest BCUT2D eigenvalue weighted by Gasteiger charge is 2.45. The van der Waals surface area contributed by atoms with Crippen LogP contribution in [0.2, 0.25) is 0 Å². The summed E-state index contributed by atoms with van der Waals surface area (Å²) < 4.78 is 13.3. The molecule has 3 atom stereocenters. The number of rotatable bonds is 5. The van der Waals surface area contributed by atoms with Gasteiger partial charge in [0.15, 0.2) is 0 Å². The van der Waals surface area contributed by atoms with E-state index in [1.807, 2.05) is 11.0 Å². The topological polar surface area (TPSA) is 56.4 Å². The van der Waals surface area contributed by atoms with E-state index in [1.54, 1.807) is 12.1 Å². The minimum atomic E-state index is -0.213. The number of carbonyl (C=O) groups is 1. The molecule has 1 saturated carbocycles. The quantitative estimate of drug-likeness (QED) is 0.747. The van der Waals surface area contributed by atoms with Crippen molar-refractivity contribution in [3.63, 3.8) is 0 Å². The Morgan fingerprint density at radius 3 is 2.92 bits per heavy atom. The fraction of sp³-hybridized carbons (Fsp3) is 0.611. The molecule has 130 valence electrons. The van der Waals surface area contributed by atoms with E-state index in [4.69, 9.17) is 0 Å². The van der Waals surface area contributed by atoms with Gasteiger partial charge < -0.3 is 10.2 Å². The number of hydrogen-bond acceptors (Lipinski definition) is 4. The molecule has 2 heterocycles. The van der Waals surface area contributed by atoms with Crippen molar-refractivity contribution in [2.24, 2.45) is 5.92 Å². The summed E-state index contributed by atoms with van der Waals surface area (Å²) in [6.45, 7) is 2.54. The van der Waals surface area contributed by atoms with Gasteiger partial charge in [-0.25, -0.2) is 9.82 Å². The number of nitrogens with one attached hydrogen (secondary N) is 3. The third kappa shape index (κ3) is 3.31. The highest BCUT2D eigenvalue weighted by Crippen LogP contribution is 2.30. The molecule has 0 aromatic heterocycles. The standard InChI is InChI=1S/C18H25FN4O/c19-13-3-1-2-12(10-13)7-9-23(14-4-5-14)18(24)17-15-11-20-8-6-16(15)21-22-17/h1-3,10,14-17,20-22H,4-9,11H2. The molecule has 0 spiro atoms. The highest BCUT2D eigenvalue weighted by atomic mass is 19.1. The van der Waals surface area contributed by atoms with Crippen LogP contribution < -0.4 is 16.2 Å². The van der Waals surface area contributed by atoms with E-state index in [0.717, 1.165) is 37.9 Å². The van der Waals surface area contributed by atoms with Gasteiger partial charge in [-0.2, -0.15) is 0 Å². The van der Waals surface area contributed by atoms with E-state index in [2.05, 4.69) is 16.2 Å². The van der Waals surface area contributed by atoms with Crippen molar-refractivity contribution in [3.8, 4) is 0 Å². The number of halogens is 1. The lowest BCUT2D eigenvalue weighted by Gasteiger charge is -2.31. The summed E-state index contributed by atoms with van der Waals surface area (Å²) in [4.78, 5) is 15.1. The number of hydrogen-bond donors (Lipinski definition) is 3. The predicted molar refractivity (Wildman–Crippen MR) is 89.7 cm³/mol. The number of carbonyl (C=O) groups excluding carboxylic acids is 1. The fourth-order valence-corrected chi connectivity index (χ4v) is 3.94. The summed E-state index contributed by atoms with van der Waals surface area (Å²) in [5.74, 6) is 0.286. The Morgan fingerprint density at radius 1 is 1.25 bits per heavy atom. The van der Waals surface area contributed by atoms with E-state index in [1.165, 1.54) is 6.07 Å². The molecular formula is C18H25FN4O. The maximum absolute atomic E-state index is 13.3. The van der Waals surface area contributed by atoms with Crippen molar-refractivity contribution in [3.05, 3.63) is 35.6 Å². The summed E-state index contributed by atoms with van der Waals surface area (Å²) in [6, 6.07) is 7.26. The Labute approximate surface area is 141 Å². The second kappa shape index (κ2) is 6.78. The number of benzene rings is 1.